The Balaban J connectivity index is 2.39. The molecule has 0 radical (unpaired) electrons. The van der Waals surface area contributed by atoms with Crippen LogP contribution in [-0.2, 0) is 9.59 Å². The van der Waals surface area contributed by atoms with E-state index in [-0.39, 0.29) is 18.2 Å². The van der Waals surface area contributed by atoms with Gasteiger partial charge in [-0.1, -0.05) is 22.0 Å². The van der Waals surface area contributed by atoms with Gasteiger partial charge in [0.2, 0.25) is 5.91 Å². The molecule has 0 saturated carbocycles. The molecule has 0 aliphatic rings. The van der Waals surface area contributed by atoms with Crippen molar-refractivity contribution in [1.82, 2.24) is 5.32 Å². The van der Waals surface area contributed by atoms with Crippen molar-refractivity contribution in [3.05, 3.63) is 28.7 Å². The summed E-state index contributed by atoms with van der Waals surface area (Å²) in [6.45, 7) is 3.29. The monoisotopic (exact) mass is 345 g/mol. The third-order valence-corrected chi connectivity index (χ3v) is 3.96. The molecule has 0 heterocycles. The van der Waals surface area contributed by atoms with Crippen molar-refractivity contribution in [2.45, 2.75) is 18.7 Å². The van der Waals surface area contributed by atoms with Gasteiger partial charge >= 0.3 is 5.97 Å². The quantitative estimate of drug-likeness (QED) is 0.778. The van der Waals surface area contributed by atoms with E-state index in [1.807, 2.05) is 24.3 Å². The first-order valence-corrected chi connectivity index (χ1v) is 7.47. The van der Waals surface area contributed by atoms with Crippen LogP contribution in [0.1, 0.15) is 13.8 Å². The number of halogens is 1. The number of hydrogen-bond acceptors (Lipinski definition) is 3. The summed E-state index contributed by atoms with van der Waals surface area (Å²) in [6.07, 6.45) is 0. The van der Waals surface area contributed by atoms with Crippen LogP contribution in [0.4, 0.5) is 0 Å². The van der Waals surface area contributed by atoms with Crippen molar-refractivity contribution >= 4 is 39.6 Å². The minimum atomic E-state index is -0.948. The highest BCUT2D eigenvalue weighted by molar-refractivity contribution is 9.10. The molecule has 0 saturated heterocycles. The number of hydrogen-bond donors (Lipinski definition) is 2. The van der Waals surface area contributed by atoms with E-state index in [4.69, 9.17) is 5.11 Å². The van der Waals surface area contributed by atoms with Crippen LogP contribution in [0.15, 0.2) is 33.6 Å². The zero-order chi connectivity index (χ0) is 14.5. The molecular formula is C13H16BrNO3S. The molecule has 1 aromatic carbocycles. The van der Waals surface area contributed by atoms with Crippen molar-refractivity contribution in [3.63, 3.8) is 0 Å². The second-order valence-corrected chi connectivity index (χ2v) is 6.68. The topological polar surface area (TPSA) is 66.4 Å². The average molecular weight is 346 g/mol. The van der Waals surface area contributed by atoms with E-state index in [1.54, 1.807) is 13.8 Å². The summed E-state index contributed by atoms with van der Waals surface area (Å²) in [7, 11) is 0. The number of thioether (sulfide) groups is 1. The number of rotatable bonds is 6. The van der Waals surface area contributed by atoms with Crippen LogP contribution in [0.25, 0.3) is 0 Å². The largest absolute Gasteiger partial charge is 0.481 e. The Hall–Kier alpha value is -1.01. The van der Waals surface area contributed by atoms with Gasteiger partial charge in [-0.2, -0.15) is 0 Å². The van der Waals surface area contributed by atoms with Crippen LogP contribution < -0.4 is 5.32 Å². The van der Waals surface area contributed by atoms with E-state index < -0.39 is 11.4 Å². The molecule has 0 spiro atoms. The fourth-order valence-corrected chi connectivity index (χ4v) is 2.49. The van der Waals surface area contributed by atoms with Gasteiger partial charge in [0.1, 0.15) is 0 Å². The summed E-state index contributed by atoms with van der Waals surface area (Å²) >= 11 is 4.77. The number of nitrogens with one attached hydrogen (secondary N) is 1. The number of amides is 1. The Bertz CT molecular complexity index is 477. The summed E-state index contributed by atoms with van der Waals surface area (Å²) in [4.78, 5) is 23.5. The molecular weight excluding hydrogens is 330 g/mol. The number of carboxylic acids is 1. The molecule has 4 nitrogen and oxygen atoms in total. The number of aliphatic carboxylic acids is 1. The molecule has 1 rings (SSSR count). The lowest BCUT2D eigenvalue weighted by Crippen LogP contribution is -2.39. The van der Waals surface area contributed by atoms with Gasteiger partial charge in [-0.3, -0.25) is 9.59 Å². The molecule has 0 fully saturated rings. The van der Waals surface area contributed by atoms with Crippen molar-refractivity contribution < 1.29 is 14.7 Å². The first-order chi connectivity index (χ1) is 8.81. The minimum absolute atomic E-state index is 0.125. The van der Waals surface area contributed by atoms with Gasteiger partial charge in [0.15, 0.2) is 0 Å². The molecule has 19 heavy (non-hydrogen) atoms. The summed E-state index contributed by atoms with van der Waals surface area (Å²) in [5.41, 5.74) is -0.948. The Kier molecular flexibility index (Phi) is 5.87. The maximum atomic E-state index is 11.6. The van der Waals surface area contributed by atoms with Crippen molar-refractivity contribution in [1.29, 1.82) is 0 Å². The van der Waals surface area contributed by atoms with Gasteiger partial charge in [0.05, 0.1) is 11.2 Å². The molecule has 0 bridgehead atoms. The van der Waals surface area contributed by atoms with Gasteiger partial charge < -0.3 is 10.4 Å². The second-order valence-electron chi connectivity index (χ2n) is 4.71. The molecule has 0 aliphatic carbocycles. The van der Waals surface area contributed by atoms with E-state index in [2.05, 4.69) is 21.2 Å². The number of carboxylic acid groups (broad SMARTS) is 1. The van der Waals surface area contributed by atoms with E-state index in [0.717, 1.165) is 9.37 Å². The van der Waals surface area contributed by atoms with Crippen LogP contribution in [-0.4, -0.2) is 29.3 Å². The average Bonchev–Trinajstić information content (AvgIpc) is 2.34. The lowest BCUT2D eigenvalue weighted by molar-refractivity contribution is -0.146. The predicted octanol–water partition coefficient (Wildman–Crippen LogP) is 2.77. The van der Waals surface area contributed by atoms with E-state index in [1.165, 1.54) is 11.8 Å². The Labute approximate surface area is 125 Å². The maximum absolute atomic E-state index is 11.6. The van der Waals surface area contributed by atoms with Crippen molar-refractivity contribution in [2.24, 2.45) is 5.41 Å². The van der Waals surface area contributed by atoms with Crippen LogP contribution >= 0.6 is 27.7 Å². The summed E-state index contributed by atoms with van der Waals surface area (Å²) in [5, 5.41) is 11.6. The van der Waals surface area contributed by atoms with Crippen LogP contribution in [0.3, 0.4) is 0 Å². The van der Waals surface area contributed by atoms with E-state index in [9.17, 15) is 9.59 Å². The highest BCUT2D eigenvalue weighted by Gasteiger charge is 2.27. The smallest absolute Gasteiger partial charge is 0.310 e. The summed E-state index contributed by atoms with van der Waals surface area (Å²) < 4.78 is 0.963. The van der Waals surface area contributed by atoms with E-state index >= 15 is 0 Å². The second kappa shape index (κ2) is 6.96. The van der Waals surface area contributed by atoms with Crippen molar-refractivity contribution in [3.8, 4) is 0 Å². The third-order valence-electron chi connectivity index (χ3n) is 2.47. The standard InChI is InChI=1S/C13H16BrNO3S/c1-13(2,12(17)18)8-15-11(16)7-19-10-5-3-4-9(14)6-10/h3-6H,7-8H2,1-2H3,(H,15,16)(H,17,18). The predicted molar refractivity (Wildman–Crippen MR) is 79.3 cm³/mol. The van der Waals surface area contributed by atoms with E-state index in [0.29, 0.717) is 0 Å². The first-order valence-electron chi connectivity index (χ1n) is 5.70. The molecule has 1 amide bonds. The van der Waals surface area contributed by atoms with Crippen LogP contribution in [0.5, 0.6) is 0 Å². The highest BCUT2D eigenvalue weighted by atomic mass is 79.9. The molecule has 104 valence electrons. The molecule has 2 N–H and O–H groups in total. The summed E-state index contributed by atoms with van der Waals surface area (Å²) in [6, 6.07) is 7.67. The van der Waals surface area contributed by atoms with Gasteiger partial charge in [-0.25, -0.2) is 0 Å². The third kappa shape index (κ3) is 5.65. The van der Waals surface area contributed by atoms with Crippen molar-refractivity contribution in [2.75, 3.05) is 12.3 Å². The Morgan fingerprint density at radius 2 is 2.11 bits per heavy atom. The van der Waals surface area contributed by atoms with Gasteiger partial charge in [-0.05, 0) is 32.0 Å². The highest BCUT2D eigenvalue weighted by Crippen LogP contribution is 2.21. The lowest BCUT2D eigenvalue weighted by atomic mass is 9.94. The van der Waals surface area contributed by atoms with Gasteiger partial charge in [0, 0.05) is 15.9 Å². The molecule has 0 unspecified atom stereocenters. The molecule has 6 heteroatoms. The first kappa shape index (κ1) is 16.0. The zero-order valence-corrected chi connectivity index (χ0v) is 13.2. The molecule has 0 aliphatic heterocycles. The molecule has 1 aromatic rings. The number of benzene rings is 1. The fraction of sp³-hybridized carbons (Fsp3) is 0.385. The lowest BCUT2D eigenvalue weighted by Gasteiger charge is -2.19. The van der Waals surface area contributed by atoms with Crippen LogP contribution in [0.2, 0.25) is 0 Å². The van der Waals surface area contributed by atoms with Crippen LogP contribution in [0, 0.1) is 5.41 Å². The summed E-state index contributed by atoms with van der Waals surface area (Å²) in [5.74, 6) is -0.821. The van der Waals surface area contributed by atoms with Gasteiger partial charge in [0.25, 0.3) is 0 Å². The Morgan fingerprint density at radius 3 is 2.68 bits per heavy atom. The Morgan fingerprint density at radius 1 is 1.42 bits per heavy atom. The zero-order valence-electron chi connectivity index (χ0n) is 10.8. The number of carbonyl (C=O) groups is 2. The maximum Gasteiger partial charge on any atom is 0.310 e. The van der Waals surface area contributed by atoms with Gasteiger partial charge in [-0.15, -0.1) is 11.8 Å². The molecule has 0 aromatic heterocycles. The number of carbonyl (C=O) groups excluding carboxylic acids is 1. The SMILES string of the molecule is CC(C)(CNC(=O)CSc1cccc(Br)c1)C(=O)O. The minimum Gasteiger partial charge on any atom is -0.481 e. The normalized spacial score (nSPS) is 11.1. The molecule has 0 atom stereocenters. The fourth-order valence-electron chi connectivity index (χ4n) is 1.15.